The van der Waals surface area contributed by atoms with Crippen molar-refractivity contribution in [2.75, 3.05) is 21.3 Å². The average Bonchev–Trinajstić information content (AvgIpc) is 2.35. The Morgan fingerprint density at radius 2 is 1.69 bits per heavy atom. The van der Waals surface area contributed by atoms with Crippen LogP contribution in [0.3, 0.4) is 0 Å². The van der Waals surface area contributed by atoms with E-state index in [0.717, 1.165) is 0 Å². The molecule has 0 aliphatic heterocycles. The third kappa shape index (κ3) is 2.13. The first kappa shape index (κ1) is 12.0. The van der Waals surface area contributed by atoms with E-state index in [4.69, 9.17) is 9.47 Å². The van der Waals surface area contributed by atoms with E-state index in [1.807, 2.05) is 0 Å². The number of aldehydes is 1. The third-order valence-corrected chi connectivity index (χ3v) is 2.09. The third-order valence-electron chi connectivity index (χ3n) is 2.09. The normalized spacial score (nSPS) is 9.44. The SMILES string of the molecule is COC(=O)c1cc(OC)c(OC)cc1C=O. The molecule has 0 atom stereocenters. The Morgan fingerprint density at radius 3 is 2.12 bits per heavy atom. The Balaban J connectivity index is 3.37. The zero-order chi connectivity index (χ0) is 12.1. The summed E-state index contributed by atoms with van der Waals surface area (Å²) in [7, 11) is 4.14. The van der Waals surface area contributed by atoms with E-state index in [1.165, 1.54) is 33.5 Å². The van der Waals surface area contributed by atoms with Crippen LogP contribution in [0, 0.1) is 0 Å². The van der Waals surface area contributed by atoms with Crippen LogP contribution < -0.4 is 9.47 Å². The highest BCUT2D eigenvalue weighted by atomic mass is 16.5. The number of hydrogen-bond acceptors (Lipinski definition) is 5. The van der Waals surface area contributed by atoms with Crippen LogP contribution in [0.2, 0.25) is 0 Å². The fourth-order valence-corrected chi connectivity index (χ4v) is 1.28. The number of hydrogen-bond donors (Lipinski definition) is 0. The van der Waals surface area contributed by atoms with Gasteiger partial charge in [0.25, 0.3) is 0 Å². The first-order chi connectivity index (χ1) is 7.67. The molecule has 0 bridgehead atoms. The van der Waals surface area contributed by atoms with E-state index in [9.17, 15) is 9.59 Å². The highest BCUT2D eigenvalue weighted by Crippen LogP contribution is 2.30. The molecule has 0 unspecified atom stereocenters. The van der Waals surface area contributed by atoms with Gasteiger partial charge in [-0.3, -0.25) is 4.79 Å². The van der Waals surface area contributed by atoms with Crippen molar-refractivity contribution in [1.82, 2.24) is 0 Å². The minimum atomic E-state index is -0.594. The maximum absolute atomic E-state index is 11.4. The molecule has 0 saturated heterocycles. The van der Waals surface area contributed by atoms with Crippen LogP contribution in [0.5, 0.6) is 11.5 Å². The summed E-state index contributed by atoms with van der Waals surface area (Å²) in [5.74, 6) is 0.161. The van der Waals surface area contributed by atoms with Crippen molar-refractivity contribution in [3.63, 3.8) is 0 Å². The van der Waals surface area contributed by atoms with Crippen LogP contribution in [0.25, 0.3) is 0 Å². The average molecular weight is 224 g/mol. The molecule has 5 nitrogen and oxygen atoms in total. The second-order valence-electron chi connectivity index (χ2n) is 2.90. The van der Waals surface area contributed by atoms with Crippen molar-refractivity contribution >= 4 is 12.3 Å². The molecule has 16 heavy (non-hydrogen) atoms. The predicted octanol–water partition coefficient (Wildman–Crippen LogP) is 1.30. The highest BCUT2D eigenvalue weighted by Gasteiger charge is 2.16. The predicted molar refractivity (Wildman–Crippen MR) is 56.3 cm³/mol. The molecule has 5 heteroatoms. The van der Waals surface area contributed by atoms with E-state index in [-0.39, 0.29) is 11.1 Å². The lowest BCUT2D eigenvalue weighted by molar-refractivity contribution is 0.0598. The Hall–Kier alpha value is -2.04. The molecule has 0 aromatic heterocycles. The molecule has 0 saturated carbocycles. The largest absolute Gasteiger partial charge is 0.493 e. The molecule has 1 aromatic rings. The van der Waals surface area contributed by atoms with E-state index in [2.05, 4.69) is 4.74 Å². The summed E-state index contributed by atoms with van der Waals surface area (Å²) >= 11 is 0. The number of benzene rings is 1. The van der Waals surface area contributed by atoms with Gasteiger partial charge in [0.15, 0.2) is 17.8 Å². The molecule has 1 rings (SSSR count). The number of carbonyl (C=O) groups is 2. The Kier molecular flexibility index (Phi) is 3.88. The molecule has 0 amide bonds. The Labute approximate surface area is 92.9 Å². The summed E-state index contributed by atoms with van der Waals surface area (Å²) < 4.78 is 14.6. The van der Waals surface area contributed by atoms with Gasteiger partial charge in [-0.1, -0.05) is 0 Å². The molecule has 0 aliphatic carbocycles. The van der Waals surface area contributed by atoms with Crippen LogP contribution in [0.1, 0.15) is 20.7 Å². The fraction of sp³-hybridized carbons (Fsp3) is 0.273. The van der Waals surface area contributed by atoms with Gasteiger partial charge in [-0.25, -0.2) is 4.79 Å². The number of ether oxygens (including phenoxy) is 3. The number of methoxy groups -OCH3 is 3. The quantitative estimate of drug-likeness (QED) is 0.570. The van der Waals surface area contributed by atoms with Gasteiger partial charge in [-0.15, -0.1) is 0 Å². The number of rotatable bonds is 4. The monoisotopic (exact) mass is 224 g/mol. The van der Waals surface area contributed by atoms with Gasteiger partial charge >= 0.3 is 5.97 Å². The first-order valence-corrected chi connectivity index (χ1v) is 4.47. The van der Waals surface area contributed by atoms with Crippen molar-refractivity contribution in [1.29, 1.82) is 0 Å². The van der Waals surface area contributed by atoms with E-state index >= 15 is 0 Å². The van der Waals surface area contributed by atoms with E-state index < -0.39 is 5.97 Å². The first-order valence-electron chi connectivity index (χ1n) is 4.47. The lowest BCUT2D eigenvalue weighted by atomic mass is 10.1. The summed E-state index contributed by atoms with van der Waals surface area (Å²) in [4.78, 5) is 22.2. The molecule has 0 spiro atoms. The molecular weight excluding hydrogens is 212 g/mol. The van der Waals surface area contributed by atoms with Crippen molar-refractivity contribution in [2.45, 2.75) is 0 Å². The fourth-order valence-electron chi connectivity index (χ4n) is 1.28. The summed E-state index contributed by atoms with van der Waals surface area (Å²) in [6.45, 7) is 0. The van der Waals surface area contributed by atoms with Crippen LogP contribution in [-0.4, -0.2) is 33.6 Å². The maximum Gasteiger partial charge on any atom is 0.338 e. The zero-order valence-corrected chi connectivity index (χ0v) is 9.27. The van der Waals surface area contributed by atoms with Crippen molar-refractivity contribution in [3.8, 4) is 11.5 Å². The highest BCUT2D eigenvalue weighted by molar-refractivity contribution is 5.99. The molecule has 0 N–H and O–H groups in total. The minimum Gasteiger partial charge on any atom is -0.493 e. The lowest BCUT2D eigenvalue weighted by Gasteiger charge is -2.10. The molecule has 0 heterocycles. The van der Waals surface area contributed by atoms with Crippen molar-refractivity contribution in [2.24, 2.45) is 0 Å². The minimum absolute atomic E-state index is 0.148. The summed E-state index contributed by atoms with van der Waals surface area (Å²) in [5, 5.41) is 0. The van der Waals surface area contributed by atoms with Gasteiger partial charge in [-0.2, -0.15) is 0 Å². The summed E-state index contributed by atoms with van der Waals surface area (Å²) in [5.41, 5.74) is 0.347. The Morgan fingerprint density at radius 1 is 1.12 bits per heavy atom. The van der Waals surface area contributed by atoms with E-state index in [1.54, 1.807) is 0 Å². The maximum atomic E-state index is 11.4. The molecule has 0 fully saturated rings. The molecule has 0 aliphatic rings. The van der Waals surface area contributed by atoms with Crippen molar-refractivity contribution in [3.05, 3.63) is 23.3 Å². The van der Waals surface area contributed by atoms with Gasteiger partial charge in [0.2, 0.25) is 0 Å². The van der Waals surface area contributed by atoms with Gasteiger partial charge in [0, 0.05) is 5.56 Å². The standard InChI is InChI=1S/C11H12O5/c1-14-9-4-7(6-12)8(11(13)16-3)5-10(9)15-2/h4-6H,1-3H3. The van der Waals surface area contributed by atoms with Crippen LogP contribution in [-0.2, 0) is 4.74 Å². The van der Waals surface area contributed by atoms with Crippen LogP contribution in [0.15, 0.2) is 12.1 Å². The zero-order valence-electron chi connectivity index (χ0n) is 9.27. The van der Waals surface area contributed by atoms with Crippen molar-refractivity contribution < 1.29 is 23.8 Å². The van der Waals surface area contributed by atoms with Gasteiger partial charge < -0.3 is 14.2 Å². The number of esters is 1. The Bertz CT molecular complexity index is 411. The number of carbonyl (C=O) groups excluding carboxylic acids is 2. The molecule has 1 aromatic carbocycles. The lowest BCUT2D eigenvalue weighted by Crippen LogP contribution is -2.06. The summed E-state index contributed by atoms with van der Waals surface area (Å²) in [6.07, 6.45) is 0.564. The second kappa shape index (κ2) is 5.16. The van der Waals surface area contributed by atoms with Gasteiger partial charge in [0.1, 0.15) is 0 Å². The van der Waals surface area contributed by atoms with Gasteiger partial charge in [0.05, 0.1) is 26.9 Å². The van der Waals surface area contributed by atoms with Gasteiger partial charge in [-0.05, 0) is 12.1 Å². The molecule has 86 valence electrons. The second-order valence-corrected chi connectivity index (χ2v) is 2.90. The molecule has 0 radical (unpaired) electrons. The van der Waals surface area contributed by atoms with Crippen LogP contribution >= 0.6 is 0 Å². The van der Waals surface area contributed by atoms with Crippen LogP contribution in [0.4, 0.5) is 0 Å². The topological polar surface area (TPSA) is 61.8 Å². The molecular formula is C11H12O5. The summed E-state index contributed by atoms with van der Waals surface area (Å²) in [6, 6.07) is 2.84. The van der Waals surface area contributed by atoms with E-state index in [0.29, 0.717) is 17.8 Å². The smallest absolute Gasteiger partial charge is 0.338 e.